The van der Waals surface area contributed by atoms with Gasteiger partial charge in [-0.3, -0.25) is 9.59 Å². The van der Waals surface area contributed by atoms with Gasteiger partial charge in [-0.05, 0) is 41.8 Å². The second kappa shape index (κ2) is 8.23. The maximum absolute atomic E-state index is 12.6. The van der Waals surface area contributed by atoms with Gasteiger partial charge >= 0.3 is 0 Å². The Morgan fingerprint density at radius 3 is 2.71 bits per heavy atom. The zero-order valence-electron chi connectivity index (χ0n) is 15.6. The Balaban J connectivity index is 1.43. The van der Waals surface area contributed by atoms with Gasteiger partial charge in [-0.2, -0.15) is 0 Å². The summed E-state index contributed by atoms with van der Waals surface area (Å²) >= 11 is 0. The summed E-state index contributed by atoms with van der Waals surface area (Å²) in [7, 11) is 0. The van der Waals surface area contributed by atoms with E-state index in [1.54, 1.807) is 12.3 Å². The molecule has 1 N–H and O–H groups in total. The van der Waals surface area contributed by atoms with E-state index in [-0.39, 0.29) is 17.9 Å². The Labute approximate surface area is 163 Å². The molecule has 142 valence electrons. The minimum absolute atomic E-state index is 0.0227. The summed E-state index contributed by atoms with van der Waals surface area (Å²) in [6, 6.07) is 18.7. The van der Waals surface area contributed by atoms with Crippen molar-refractivity contribution in [2.45, 2.75) is 26.1 Å². The topological polar surface area (TPSA) is 60.3 Å². The molecule has 5 nitrogen and oxygen atoms in total. The molecule has 0 saturated heterocycles. The number of carbonyl (C=O) groups is 1. The number of rotatable bonds is 6. The van der Waals surface area contributed by atoms with Crippen molar-refractivity contribution in [3.63, 3.8) is 0 Å². The first-order chi connectivity index (χ1) is 13.7. The molecule has 0 fully saturated rings. The van der Waals surface area contributed by atoms with Crippen LogP contribution in [0.3, 0.4) is 0 Å². The fourth-order valence-corrected chi connectivity index (χ4v) is 3.35. The molecular formula is C23H22N2O3. The van der Waals surface area contributed by atoms with E-state index < -0.39 is 0 Å². The second-order valence-corrected chi connectivity index (χ2v) is 6.94. The monoisotopic (exact) mass is 374 g/mol. The van der Waals surface area contributed by atoms with Gasteiger partial charge in [0.25, 0.3) is 5.56 Å². The van der Waals surface area contributed by atoms with Crippen LogP contribution in [0.25, 0.3) is 0 Å². The highest BCUT2D eigenvalue weighted by atomic mass is 16.5. The Morgan fingerprint density at radius 2 is 1.89 bits per heavy atom. The lowest BCUT2D eigenvalue weighted by Gasteiger charge is -2.17. The van der Waals surface area contributed by atoms with Crippen LogP contribution in [0.5, 0.6) is 5.75 Å². The molecule has 1 aromatic heterocycles. The summed E-state index contributed by atoms with van der Waals surface area (Å²) in [6.45, 7) is 2.18. The van der Waals surface area contributed by atoms with Gasteiger partial charge in [-0.15, -0.1) is 0 Å². The fourth-order valence-electron chi connectivity index (χ4n) is 3.35. The van der Waals surface area contributed by atoms with Crippen LogP contribution in [0.2, 0.25) is 0 Å². The Morgan fingerprint density at radius 1 is 1.04 bits per heavy atom. The molecule has 0 bridgehead atoms. The molecule has 0 radical (unpaired) electrons. The molecule has 0 amide bonds. The number of hydrogen-bond donors (Lipinski definition) is 1. The van der Waals surface area contributed by atoms with Crippen molar-refractivity contribution in [1.82, 2.24) is 9.88 Å². The fraction of sp³-hybridized carbons (Fsp3) is 0.217. The number of nitrogens with zero attached hydrogens (tertiary/aromatic N) is 1. The van der Waals surface area contributed by atoms with E-state index in [9.17, 15) is 9.59 Å². The lowest BCUT2D eigenvalue weighted by Crippen LogP contribution is -2.25. The van der Waals surface area contributed by atoms with Gasteiger partial charge in [0.1, 0.15) is 12.4 Å². The van der Waals surface area contributed by atoms with Crippen LogP contribution in [-0.4, -0.2) is 16.9 Å². The highest BCUT2D eigenvalue weighted by Gasteiger charge is 2.13. The Kier molecular flexibility index (Phi) is 5.35. The number of Topliss-reactive ketones (excluding diaryl/α,β-unsaturated/α-hetero) is 1. The lowest BCUT2D eigenvalue weighted by molar-refractivity contribution is 0.0970. The molecule has 2 aromatic carbocycles. The summed E-state index contributed by atoms with van der Waals surface area (Å²) < 4.78 is 7.09. The van der Waals surface area contributed by atoms with Gasteiger partial charge in [-0.25, -0.2) is 0 Å². The summed E-state index contributed by atoms with van der Waals surface area (Å²) in [5.41, 5.74) is 3.88. The van der Waals surface area contributed by atoms with E-state index >= 15 is 0 Å². The average molecular weight is 374 g/mol. The normalized spacial score (nSPS) is 13.0. The number of carbonyl (C=O) groups excluding carboxylic acids is 1. The largest absolute Gasteiger partial charge is 0.489 e. The van der Waals surface area contributed by atoms with Crippen molar-refractivity contribution in [2.75, 3.05) is 6.54 Å². The molecule has 1 aliphatic heterocycles. The molecule has 4 rings (SSSR count). The zero-order chi connectivity index (χ0) is 19.3. The number of ketones is 1. The molecule has 0 spiro atoms. The number of aromatic nitrogens is 1. The average Bonchev–Trinajstić information content (AvgIpc) is 2.74. The third kappa shape index (κ3) is 4.21. The van der Waals surface area contributed by atoms with Crippen LogP contribution in [-0.2, 0) is 26.1 Å². The van der Waals surface area contributed by atoms with Crippen LogP contribution in [0, 0.1) is 0 Å². The zero-order valence-corrected chi connectivity index (χ0v) is 15.6. The maximum Gasteiger partial charge on any atom is 0.254 e. The van der Waals surface area contributed by atoms with E-state index in [2.05, 4.69) is 5.32 Å². The third-order valence-corrected chi connectivity index (χ3v) is 4.94. The minimum Gasteiger partial charge on any atom is -0.489 e. The van der Waals surface area contributed by atoms with Crippen molar-refractivity contribution in [1.29, 1.82) is 0 Å². The number of fused-ring (bicyclic) bond motifs is 1. The molecule has 0 atom stereocenters. The summed E-state index contributed by atoms with van der Waals surface area (Å²) in [4.78, 5) is 25.0. The highest BCUT2D eigenvalue weighted by Crippen LogP contribution is 2.17. The molecule has 0 unspecified atom stereocenters. The molecule has 0 aliphatic carbocycles. The molecule has 5 heteroatoms. The van der Waals surface area contributed by atoms with Gasteiger partial charge in [0.05, 0.1) is 6.54 Å². The third-order valence-electron chi connectivity index (χ3n) is 4.94. The second-order valence-electron chi connectivity index (χ2n) is 6.94. The first-order valence-electron chi connectivity index (χ1n) is 9.42. The number of hydrogen-bond acceptors (Lipinski definition) is 4. The van der Waals surface area contributed by atoms with Crippen LogP contribution in [0.1, 0.15) is 27.0 Å². The number of pyridine rings is 1. The van der Waals surface area contributed by atoms with E-state index in [1.807, 2.05) is 48.5 Å². The lowest BCUT2D eigenvalue weighted by atomic mass is 9.97. The van der Waals surface area contributed by atoms with E-state index in [0.717, 1.165) is 25.1 Å². The van der Waals surface area contributed by atoms with Gasteiger partial charge in [0.15, 0.2) is 5.78 Å². The smallest absolute Gasteiger partial charge is 0.254 e. The first-order valence-corrected chi connectivity index (χ1v) is 9.42. The quantitative estimate of drug-likeness (QED) is 0.674. The molecule has 0 saturated carbocycles. The van der Waals surface area contributed by atoms with Gasteiger partial charge in [-0.1, -0.05) is 42.5 Å². The summed E-state index contributed by atoms with van der Waals surface area (Å²) in [6.07, 6.45) is 2.53. The van der Waals surface area contributed by atoms with Crippen molar-refractivity contribution in [2.24, 2.45) is 0 Å². The number of benzene rings is 2. The van der Waals surface area contributed by atoms with E-state index in [4.69, 9.17) is 4.74 Å². The molecule has 28 heavy (non-hydrogen) atoms. The summed E-state index contributed by atoms with van der Waals surface area (Å²) in [5.74, 6) is 0.431. The van der Waals surface area contributed by atoms with E-state index in [1.165, 1.54) is 21.8 Å². The Hall–Kier alpha value is -3.18. The minimum atomic E-state index is -0.249. The standard InChI is InChI=1S/C23H22N2O3/c26-22(19-6-7-20-14-24-10-8-18(20)12-19)15-25-11-9-21(13-23(25)27)28-16-17-4-2-1-3-5-17/h1-7,9,11-13,24H,8,10,14-16H2. The van der Waals surface area contributed by atoms with Crippen molar-refractivity contribution < 1.29 is 9.53 Å². The molecule has 2 heterocycles. The molecule has 1 aliphatic rings. The number of ether oxygens (including phenoxy) is 1. The van der Waals surface area contributed by atoms with Gasteiger partial charge in [0, 0.05) is 24.4 Å². The molecule has 3 aromatic rings. The maximum atomic E-state index is 12.6. The predicted octanol–water partition coefficient (Wildman–Crippen LogP) is 2.96. The molecular weight excluding hydrogens is 352 g/mol. The predicted molar refractivity (Wildman–Crippen MR) is 108 cm³/mol. The van der Waals surface area contributed by atoms with Crippen molar-refractivity contribution in [3.05, 3.63) is 99.5 Å². The number of nitrogens with one attached hydrogen (secondary N) is 1. The van der Waals surface area contributed by atoms with E-state index in [0.29, 0.717) is 17.9 Å². The SMILES string of the molecule is O=C(Cn1ccc(OCc2ccccc2)cc1=O)c1ccc2c(c1)CCNC2. The van der Waals surface area contributed by atoms with Gasteiger partial charge in [0.2, 0.25) is 0 Å². The summed E-state index contributed by atoms with van der Waals surface area (Å²) in [5, 5.41) is 3.32. The van der Waals surface area contributed by atoms with Crippen molar-refractivity contribution >= 4 is 5.78 Å². The van der Waals surface area contributed by atoms with Crippen LogP contribution in [0.15, 0.2) is 71.7 Å². The Bertz CT molecular complexity index is 1040. The van der Waals surface area contributed by atoms with Crippen LogP contribution >= 0.6 is 0 Å². The van der Waals surface area contributed by atoms with Gasteiger partial charge < -0.3 is 14.6 Å². The van der Waals surface area contributed by atoms with Crippen molar-refractivity contribution in [3.8, 4) is 5.75 Å². The highest BCUT2D eigenvalue weighted by molar-refractivity contribution is 5.96. The first kappa shape index (κ1) is 18.2. The van der Waals surface area contributed by atoms with Crippen LogP contribution < -0.4 is 15.6 Å². The van der Waals surface area contributed by atoms with Crippen LogP contribution in [0.4, 0.5) is 0 Å².